The summed E-state index contributed by atoms with van der Waals surface area (Å²) in [5.74, 6) is -0.224. The number of amides is 1. The van der Waals surface area contributed by atoms with E-state index in [1.54, 1.807) is 52.3 Å². The predicted molar refractivity (Wildman–Crippen MR) is 112 cm³/mol. The molecule has 3 aromatic rings. The van der Waals surface area contributed by atoms with E-state index in [1.165, 1.54) is 21.8 Å². The first kappa shape index (κ1) is 22.0. The van der Waals surface area contributed by atoms with Gasteiger partial charge in [0, 0.05) is 7.05 Å². The molecule has 3 rings (SSSR count). The third-order valence-corrected chi connectivity index (χ3v) is 4.62. The summed E-state index contributed by atoms with van der Waals surface area (Å²) in [5, 5.41) is 7.15. The molecule has 164 valence electrons. The second-order valence-corrected chi connectivity index (χ2v) is 7.32. The molecule has 0 aliphatic heterocycles. The Morgan fingerprint density at radius 1 is 1.19 bits per heavy atom. The summed E-state index contributed by atoms with van der Waals surface area (Å²) in [5.41, 5.74) is 0.783. The molecular weight excluding hydrogens is 402 g/mol. The van der Waals surface area contributed by atoms with E-state index in [2.05, 4.69) is 15.4 Å². The molecule has 0 aliphatic carbocycles. The predicted octanol–water partition coefficient (Wildman–Crippen LogP) is 1.34. The summed E-state index contributed by atoms with van der Waals surface area (Å²) in [4.78, 5) is 41.7. The number of rotatable bonds is 8. The molecule has 0 fully saturated rings. The molecule has 0 saturated carbocycles. The second kappa shape index (κ2) is 9.41. The molecule has 0 spiro atoms. The van der Waals surface area contributed by atoms with Crippen LogP contribution in [0.5, 0.6) is 5.75 Å². The lowest BCUT2D eigenvalue weighted by Gasteiger charge is -2.20. The molecule has 2 heterocycles. The highest BCUT2D eigenvalue weighted by Gasteiger charge is 2.21. The van der Waals surface area contributed by atoms with Gasteiger partial charge in [-0.15, -0.1) is 0 Å². The fraction of sp³-hybridized carbons (Fsp3) is 0.381. The minimum Gasteiger partial charge on any atom is -0.497 e. The number of hydrogen-bond acceptors (Lipinski definition) is 7. The molecule has 0 radical (unpaired) electrons. The van der Waals surface area contributed by atoms with Crippen LogP contribution in [-0.2, 0) is 27.9 Å². The van der Waals surface area contributed by atoms with Crippen LogP contribution in [0.3, 0.4) is 0 Å². The van der Waals surface area contributed by atoms with Gasteiger partial charge >= 0.3 is 5.97 Å². The van der Waals surface area contributed by atoms with Crippen LogP contribution in [0.2, 0.25) is 0 Å². The Hall–Kier alpha value is -3.69. The van der Waals surface area contributed by atoms with Crippen molar-refractivity contribution in [2.45, 2.75) is 39.0 Å². The first-order valence-electron chi connectivity index (χ1n) is 9.78. The van der Waals surface area contributed by atoms with Gasteiger partial charge in [0.25, 0.3) is 5.56 Å². The molecule has 31 heavy (non-hydrogen) atoms. The minimum atomic E-state index is -0.629. The zero-order chi connectivity index (χ0) is 22.5. The van der Waals surface area contributed by atoms with Crippen LogP contribution < -0.4 is 15.6 Å². The van der Waals surface area contributed by atoms with E-state index in [-0.39, 0.29) is 24.6 Å². The van der Waals surface area contributed by atoms with E-state index in [1.807, 2.05) is 0 Å². The number of hydrogen-bond donors (Lipinski definition) is 1. The molecule has 10 nitrogen and oxygen atoms in total. The van der Waals surface area contributed by atoms with Crippen molar-refractivity contribution in [3.8, 4) is 5.75 Å². The smallest absolute Gasteiger partial charge is 0.308 e. The molecule has 1 unspecified atom stereocenters. The van der Waals surface area contributed by atoms with Crippen LogP contribution in [0, 0.1) is 0 Å². The monoisotopic (exact) mass is 427 g/mol. The average molecular weight is 427 g/mol. The van der Waals surface area contributed by atoms with Crippen molar-refractivity contribution in [1.29, 1.82) is 0 Å². The zero-order valence-corrected chi connectivity index (χ0v) is 17.9. The first-order valence-corrected chi connectivity index (χ1v) is 9.78. The number of benzene rings is 1. The van der Waals surface area contributed by atoms with Crippen LogP contribution in [-0.4, -0.2) is 44.4 Å². The van der Waals surface area contributed by atoms with Gasteiger partial charge in [-0.25, -0.2) is 4.98 Å². The third kappa shape index (κ3) is 5.27. The Morgan fingerprint density at radius 3 is 2.55 bits per heavy atom. The van der Waals surface area contributed by atoms with Crippen molar-refractivity contribution in [3.05, 3.63) is 52.7 Å². The van der Waals surface area contributed by atoms with E-state index in [4.69, 9.17) is 9.47 Å². The van der Waals surface area contributed by atoms with Crippen molar-refractivity contribution in [2.24, 2.45) is 7.05 Å². The number of methoxy groups -OCH3 is 1. The summed E-state index contributed by atoms with van der Waals surface area (Å²) < 4.78 is 13.1. The molecule has 1 N–H and O–H groups in total. The largest absolute Gasteiger partial charge is 0.497 e. The summed E-state index contributed by atoms with van der Waals surface area (Å²) in [7, 11) is 3.24. The second-order valence-electron chi connectivity index (χ2n) is 7.32. The standard InChI is InChI=1S/C21H25N5O5/c1-13(2)31-19(28)9-17(14-5-7-15(30-4)8-6-14)24-18(27)11-26-12-22-20-16(21(26)29)10-23-25(20)3/h5-8,10,12-13,17H,9,11H2,1-4H3,(H,24,27). The number of fused-ring (bicyclic) bond motifs is 1. The van der Waals surface area contributed by atoms with Gasteiger partial charge in [-0.05, 0) is 31.5 Å². The van der Waals surface area contributed by atoms with Crippen molar-refractivity contribution in [2.75, 3.05) is 7.11 Å². The number of esters is 1. The van der Waals surface area contributed by atoms with Crippen molar-refractivity contribution < 1.29 is 19.1 Å². The van der Waals surface area contributed by atoms with Crippen LogP contribution in [0.25, 0.3) is 11.0 Å². The van der Waals surface area contributed by atoms with Gasteiger partial charge < -0.3 is 14.8 Å². The van der Waals surface area contributed by atoms with E-state index >= 15 is 0 Å². The Bertz CT molecular complexity index is 1130. The fourth-order valence-electron chi connectivity index (χ4n) is 3.14. The normalized spacial score (nSPS) is 12.0. The van der Waals surface area contributed by atoms with Crippen molar-refractivity contribution in [3.63, 3.8) is 0 Å². The van der Waals surface area contributed by atoms with Gasteiger partial charge in [0.1, 0.15) is 24.0 Å². The highest BCUT2D eigenvalue weighted by molar-refractivity contribution is 5.79. The summed E-state index contributed by atoms with van der Waals surface area (Å²) in [6.07, 6.45) is 2.41. The summed E-state index contributed by atoms with van der Waals surface area (Å²) >= 11 is 0. The van der Waals surface area contributed by atoms with Gasteiger partial charge in [0.15, 0.2) is 5.65 Å². The first-order chi connectivity index (χ1) is 14.8. The molecule has 10 heteroatoms. The lowest BCUT2D eigenvalue weighted by Crippen LogP contribution is -2.36. The van der Waals surface area contributed by atoms with Gasteiger partial charge in [-0.2, -0.15) is 5.10 Å². The molecule has 1 aromatic carbocycles. The Kier molecular flexibility index (Phi) is 6.68. The quantitative estimate of drug-likeness (QED) is 0.539. The highest BCUT2D eigenvalue weighted by Crippen LogP contribution is 2.21. The van der Waals surface area contributed by atoms with Gasteiger partial charge in [0.05, 0.1) is 31.9 Å². The molecular formula is C21H25N5O5. The maximum absolute atomic E-state index is 12.7. The minimum absolute atomic E-state index is 0.0506. The summed E-state index contributed by atoms with van der Waals surface area (Å²) in [6.45, 7) is 3.27. The SMILES string of the molecule is COc1ccc(C(CC(=O)OC(C)C)NC(=O)Cn2cnc3c(cnn3C)c2=O)cc1. The molecule has 0 bridgehead atoms. The maximum atomic E-state index is 12.7. The average Bonchev–Trinajstić information content (AvgIpc) is 3.10. The Morgan fingerprint density at radius 2 is 1.90 bits per heavy atom. The Balaban J connectivity index is 1.79. The van der Waals surface area contributed by atoms with Gasteiger partial charge in [-0.3, -0.25) is 23.6 Å². The number of carbonyl (C=O) groups excluding carboxylic acids is 2. The van der Waals surface area contributed by atoms with E-state index < -0.39 is 17.9 Å². The lowest BCUT2D eigenvalue weighted by atomic mass is 10.0. The van der Waals surface area contributed by atoms with Crippen LogP contribution in [0.1, 0.15) is 31.9 Å². The van der Waals surface area contributed by atoms with Crippen LogP contribution in [0.4, 0.5) is 0 Å². The highest BCUT2D eigenvalue weighted by atomic mass is 16.5. The Labute approximate surface area is 178 Å². The number of nitrogens with one attached hydrogen (secondary N) is 1. The number of aromatic nitrogens is 4. The van der Waals surface area contributed by atoms with E-state index in [0.29, 0.717) is 22.3 Å². The number of ether oxygens (including phenoxy) is 2. The third-order valence-electron chi connectivity index (χ3n) is 4.62. The van der Waals surface area contributed by atoms with E-state index in [0.717, 1.165) is 0 Å². The van der Waals surface area contributed by atoms with Crippen LogP contribution >= 0.6 is 0 Å². The van der Waals surface area contributed by atoms with Crippen LogP contribution in [0.15, 0.2) is 41.6 Å². The molecule has 0 aliphatic rings. The van der Waals surface area contributed by atoms with Gasteiger partial charge in [-0.1, -0.05) is 12.1 Å². The van der Waals surface area contributed by atoms with E-state index in [9.17, 15) is 14.4 Å². The van der Waals surface area contributed by atoms with Gasteiger partial charge in [0.2, 0.25) is 5.91 Å². The number of carbonyl (C=O) groups is 2. The fourth-order valence-corrected chi connectivity index (χ4v) is 3.14. The topological polar surface area (TPSA) is 117 Å². The molecule has 0 saturated heterocycles. The van der Waals surface area contributed by atoms with Crippen molar-refractivity contribution >= 4 is 22.9 Å². The summed E-state index contributed by atoms with van der Waals surface area (Å²) in [6, 6.07) is 6.39. The van der Waals surface area contributed by atoms with Crippen molar-refractivity contribution in [1.82, 2.24) is 24.6 Å². The maximum Gasteiger partial charge on any atom is 0.308 e. The molecule has 1 atom stereocenters. The molecule has 2 aromatic heterocycles. The lowest BCUT2D eigenvalue weighted by molar-refractivity contribution is -0.148. The molecule has 1 amide bonds. The number of aryl methyl sites for hydroxylation is 1. The number of nitrogens with zero attached hydrogens (tertiary/aromatic N) is 4. The zero-order valence-electron chi connectivity index (χ0n) is 17.9.